The summed E-state index contributed by atoms with van der Waals surface area (Å²) in [5.74, 6) is 0.781. The van der Waals surface area contributed by atoms with E-state index >= 15 is 0 Å². The molecule has 1 saturated heterocycles. The van der Waals surface area contributed by atoms with Crippen LogP contribution in [0.25, 0.3) is 0 Å². The molecule has 1 rings (SSSR count). The van der Waals surface area contributed by atoms with Crippen LogP contribution in [0.1, 0.15) is 40.0 Å². The molecule has 1 heterocycles. The van der Waals surface area contributed by atoms with Crippen LogP contribution in [0.3, 0.4) is 0 Å². The van der Waals surface area contributed by atoms with Crippen molar-refractivity contribution in [1.29, 1.82) is 0 Å². The molecule has 0 spiro atoms. The van der Waals surface area contributed by atoms with Crippen molar-refractivity contribution in [3.05, 3.63) is 0 Å². The van der Waals surface area contributed by atoms with E-state index < -0.39 is 0 Å². The maximum Gasteiger partial charge on any atom is 0.0655 e. The van der Waals surface area contributed by atoms with E-state index in [2.05, 4.69) is 26.1 Å². The summed E-state index contributed by atoms with van der Waals surface area (Å²) < 4.78 is 5.81. The third-order valence-corrected chi connectivity index (χ3v) is 3.54. The van der Waals surface area contributed by atoms with Crippen LogP contribution in [0.2, 0.25) is 0 Å². The fourth-order valence-electron chi connectivity index (χ4n) is 2.08. The minimum atomic E-state index is 0.133. The van der Waals surface area contributed by atoms with Crippen molar-refractivity contribution in [2.45, 2.75) is 51.7 Å². The Bertz CT molecular complexity index is 160. The molecule has 0 aliphatic carbocycles. The standard InChI is InChI=1S/C11H23NO/c1-5-11(3)8-10(6-7-13-11)9(2)12-4/h9-10,12H,5-8H2,1-4H3. The summed E-state index contributed by atoms with van der Waals surface area (Å²) in [6, 6.07) is 0.620. The Morgan fingerprint density at radius 1 is 1.62 bits per heavy atom. The van der Waals surface area contributed by atoms with E-state index in [1.54, 1.807) is 0 Å². The number of hydrogen-bond acceptors (Lipinski definition) is 2. The Hall–Kier alpha value is -0.0800. The normalized spacial score (nSPS) is 37.4. The molecule has 0 bridgehead atoms. The number of rotatable bonds is 3. The highest BCUT2D eigenvalue weighted by atomic mass is 16.5. The molecule has 0 aromatic heterocycles. The quantitative estimate of drug-likeness (QED) is 0.727. The first kappa shape index (κ1) is 11.0. The van der Waals surface area contributed by atoms with Crippen LogP contribution in [-0.2, 0) is 4.74 Å². The van der Waals surface area contributed by atoms with Gasteiger partial charge in [-0.2, -0.15) is 0 Å². The second-order valence-corrected chi connectivity index (χ2v) is 4.48. The van der Waals surface area contributed by atoms with Gasteiger partial charge >= 0.3 is 0 Å². The molecule has 2 nitrogen and oxygen atoms in total. The first-order valence-corrected chi connectivity index (χ1v) is 5.42. The van der Waals surface area contributed by atoms with E-state index in [0.717, 1.165) is 18.9 Å². The van der Waals surface area contributed by atoms with Gasteiger partial charge in [0.1, 0.15) is 0 Å². The topological polar surface area (TPSA) is 21.3 Å². The third kappa shape index (κ3) is 2.68. The largest absolute Gasteiger partial charge is 0.375 e. The first-order valence-electron chi connectivity index (χ1n) is 5.42. The van der Waals surface area contributed by atoms with Gasteiger partial charge in [0.2, 0.25) is 0 Å². The van der Waals surface area contributed by atoms with Crippen molar-refractivity contribution < 1.29 is 4.74 Å². The van der Waals surface area contributed by atoms with Crippen LogP contribution in [0.15, 0.2) is 0 Å². The lowest BCUT2D eigenvalue weighted by Gasteiger charge is -2.40. The molecule has 3 unspecified atom stereocenters. The molecule has 0 saturated carbocycles. The fourth-order valence-corrected chi connectivity index (χ4v) is 2.08. The van der Waals surface area contributed by atoms with Gasteiger partial charge in [-0.15, -0.1) is 0 Å². The maximum atomic E-state index is 5.81. The number of nitrogens with one attached hydrogen (secondary N) is 1. The van der Waals surface area contributed by atoms with Gasteiger partial charge in [-0.25, -0.2) is 0 Å². The summed E-state index contributed by atoms with van der Waals surface area (Å²) in [5, 5.41) is 3.34. The second kappa shape index (κ2) is 4.43. The van der Waals surface area contributed by atoms with Crippen LogP contribution >= 0.6 is 0 Å². The van der Waals surface area contributed by atoms with Crippen molar-refractivity contribution in [2.75, 3.05) is 13.7 Å². The molecular formula is C11H23NO. The smallest absolute Gasteiger partial charge is 0.0655 e. The summed E-state index contributed by atoms with van der Waals surface area (Å²) in [7, 11) is 2.05. The van der Waals surface area contributed by atoms with Gasteiger partial charge in [0.25, 0.3) is 0 Å². The Labute approximate surface area is 82.0 Å². The van der Waals surface area contributed by atoms with Crippen LogP contribution in [0.5, 0.6) is 0 Å². The molecular weight excluding hydrogens is 162 g/mol. The predicted octanol–water partition coefficient (Wildman–Crippen LogP) is 2.19. The van der Waals surface area contributed by atoms with Gasteiger partial charge in [0, 0.05) is 12.6 Å². The highest BCUT2D eigenvalue weighted by Crippen LogP contribution is 2.33. The predicted molar refractivity (Wildman–Crippen MR) is 55.9 cm³/mol. The van der Waals surface area contributed by atoms with Crippen LogP contribution in [-0.4, -0.2) is 25.3 Å². The van der Waals surface area contributed by atoms with Crippen molar-refractivity contribution >= 4 is 0 Å². The maximum absolute atomic E-state index is 5.81. The van der Waals surface area contributed by atoms with Gasteiger partial charge in [-0.05, 0) is 46.1 Å². The lowest BCUT2D eigenvalue weighted by Crippen LogP contribution is -2.43. The molecule has 0 aromatic rings. The van der Waals surface area contributed by atoms with E-state index in [0.29, 0.717) is 6.04 Å². The van der Waals surface area contributed by atoms with E-state index in [1.807, 2.05) is 7.05 Å². The van der Waals surface area contributed by atoms with Crippen molar-refractivity contribution in [3.8, 4) is 0 Å². The summed E-state index contributed by atoms with van der Waals surface area (Å²) in [4.78, 5) is 0. The van der Waals surface area contributed by atoms with Gasteiger partial charge in [-0.3, -0.25) is 0 Å². The van der Waals surface area contributed by atoms with Crippen molar-refractivity contribution in [3.63, 3.8) is 0 Å². The van der Waals surface area contributed by atoms with E-state index in [1.165, 1.54) is 12.8 Å². The zero-order chi connectivity index (χ0) is 9.90. The van der Waals surface area contributed by atoms with Crippen molar-refractivity contribution in [1.82, 2.24) is 5.32 Å². The monoisotopic (exact) mass is 185 g/mol. The SMILES string of the molecule is CCC1(C)CC(C(C)NC)CCO1. The van der Waals surface area contributed by atoms with Gasteiger partial charge < -0.3 is 10.1 Å². The highest BCUT2D eigenvalue weighted by Gasteiger charge is 2.33. The van der Waals surface area contributed by atoms with Crippen LogP contribution < -0.4 is 5.32 Å². The molecule has 2 heteroatoms. The molecule has 3 atom stereocenters. The van der Waals surface area contributed by atoms with Gasteiger partial charge in [-0.1, -0.05) is 6.92 Å². The minimum Gasteiger partial charge on any atom is -0.375 e. The molecule has 0 radical (unpaired) electrons. The number of hydrogen-bond donors (Lipinski definition) is 1. The number of ether oxygens (including phenoxy) is 1. The van der Waals surface area contributed by atoms with Crippen molar-refractivity contribution in [2.24, 2.45) is 5.92 Å². The van der Waals surface area contributed by atoms with Gasteiger partial charge in [0.05, 0.1) is 5.60 Å². The summed E-state index contributed by atoms with van der Waals surface area (Å²) in [6.07, 6.45) is 3.53. The lowest BCUT2D eigenvalue weighted by atomic mass is 9.82. The molecule has 78 valence electrons. The first-order chi connectivity index (χ1) is 6.11. The average Bonchev–Trinajstić information content (AvgIpc) is 2.17. The van der Waals surface area contributed by atoms with Crippen LogP contribution in [0.4, 0.5) is 0 Å². The molecule has 0 amide bonds. The van der Waals surface area contributed by atoms with E-state index in [9.17, 15) is 0 Å². The summed E-state index contributed by atoms with van der Waals surface area (Å²) in [6.45, 7) is 7.65. The molecule has 1 aliphatic heterocycles. The average molecular weight is 185 g/mol. The summed E-state index contributed by atoms with van der Waals surface area (Å²) in [5.41, 5.74) is 0.133. The Kier molecular flexibility index (Phi) is 3.74. The van der Waals surface area contributed by atoms with E-state index in [-0.39, 0.29) is 5.60 Å². The Morgan fingerprint density at radius 2 is 2.31 bits per heavy atom. The molecule has 1 fully saturated rings. The zero-order valence-electron chi connectivity index (χ0n) is 9.39. The van der Waals surface area contributed by atoms with E-state index in [4.69, 9.17) is 4.74 Å². The molecule has 1 aliphatic rings. The third-order valence-electron chi connectivity index (χ3n) is 3.54. The minimum absolute atomic E-state index is 0.133. The molecule has 1 N–H and O–H groups in total. The Balaban J connectivity index is 2.51. The fraction of sp³-hybridized carbons (Fsp3) is 1.00. The molecule has 13 heavy (non-hydrogen) atoms. The zero-order valence-corrected chi connectivity index (χ0v) is 9.39. The lowest BCUT2D eigenvalue weighted by molar-refractivity contribution is -0.0912. The van der Waals surface area contributed by atoms with Gasteiger partial charge in [0.15, 0.2) is 0 Å². The highest BCUT2D eigenvalue weighted by molar-refractivity contribution is 4.85. The molecule has 0 aromatic carbocycles. The Morgan fingerprint density at radius 3 is 2.85 bits per heavy atom. The van der Waals surface area contributed by atoms with Crippen LogP contribution in [0, 0.1) is 5.92 Å². The summed E-state index contributed by atoms with van der Waals surface area (Å²) >= 11 is 0. The second-order valence-electron chi connectivity index (χ2n) is 4.48.